The van der Waals surface area contributed by atoms with Crippen LogP contribution in [-0.2, 0) is 11.3 Å². The largest absolute Gasteiger partial charge is 0.508 e. The van der Waals surface area contributed by atoms with Gasteiger partial charge in [0.05, 0.1) is 25.0 Å². The number of aromatic hydroxyl groups is 1. The third-order valence-corrected chi connectivity index (χ3v) is 5.69. The summed E-state index contributed by atoms with van der Waals surface area (Å²) in [5.41, 5.74) is 1.09. The summed E-state index contributed by atoms with van der Waals surface area (Å²) in [5.74, 6) is 0.199. The highest BCUT2D eigenvalue weighted by atomic mass is 19.1. The number of halogens is 1. The maximum Gasteiger partial charge on any atom is 0.343 e. The number of esters is 1. The number of nitrogens with zero attached hydrogens (tertiary/aromatic N) is 4. The summed E-state index contributed by atoms with van der Waals surface area (Å²) in [6.07, 6.45) is 5.91. The molecule has 1 saturated carbocycles. The van der Waals surface area contributed by atoms with Crippen molar-refractivity contribution in [3.05, 3.63) is 47.5 Å². The maximum absolute atomic E-state index is 13.8. The van der Waals surface area contributed by atoms with Crippen LogP contribution in [0.4, 0.5) is 10.2 Å². The molecule has 1 aliphatic carbocycles. The van der Waals surface area contributed by atoms with Crippen LogP contribution in [0, 0.1) is 5.82 Å². The van der Waals surface area contributed by atoms with Gasteiger partial charge in [-0.1, -0.05) is 0 Å². The van der Waals surface area contributed by atoms with Crippen LogP contribution in [0.2, 0.25) is 0 Å². The molecule has 3 heterocycles. The van der Waals surface area contributed by atoms with E-state index in [2.05, 4.69) is 5.10 Å². The Morgan fingerprint density at radius 2 is 2.27 bits per heavy atom. The number of rotatable bonds is 4. The van der Waals surface area contributed by atoms with Crippen molar-refractivity contribution >= 4 is 17.4 Å². The predicted molar refractivity (Wildman–Crippen MR) is 105 cm³/mol. The number of carbonyl (C=O) groups excluding carboxylic acids is 1. The number of phenols is 1. The van der Waals surface area contributed by atoms with Gasteiger partial charge >= 0.3 is 5.97 Å². The van der Waals surface area contributed by atoms with E-state index in [1.807, 2.05) is 4.90 Å². The van der Waals surface area contributed by atoms with Crippen molar-refractivity contribution in [3.63, 3.8) is 0 Å². The Bertz CT molecular complexity index is 1130. The molecule has 2 atom stereocenters. The van der Waals surface area contributed by atoms with E-state index in [4.69, 9.17) is 14.5 Å². The highest BCUT2D eigenvalue weighted by molar-refractivity contribution is 5.96. The minimum atomic E-state index is -0.496. The summed E-state index contributed by atoms with van der Waals surface area (Å²) in [4.78, 5) is 19.0. The van der Waals surface area contributed by atoms with E-state index in [0.29, 0.717) is 22.8 Å². The average molecular weight is 412 g/mol. The SMILES string of the molecule is CCOC(=O)c1cnn2cc3c(nc12)N(Cc1cc(F)ccc1O)[C@@H]1CCC[C@@H]1O3. The van der Waals surface area contributed by atoms with Crippen LogP contribution in [-0.4, -0.2) is 44.4 Å². The number of phenolic OH excluding ortho intramolecular Hbond substituents is 1. The van der Waals surface area contributed by atoms with Crippen LogP contribution >= 0.6 is 0 Å². The molecule has 0 saturated heterocycles. The Morgan fingerprint density at radius 1 is 1.40 bits per heavy atom. The highest BCUT2D eigenvalue weighted by Crippen LogP contribution is 2.42. The molecule has 30 heavy (non-hydrogen) atoms. The number of benzene rings is 1. The highest BCUT2D eigenvalue weighted by Gasteiger charge is 2.41. The number of hydrogen-bond donors (Lipinski definition) is 1. The van der Waals surface area contributed by atoms with Crippen molar-refractivity contribution in [2.24, 2.45) is 0 Å². The van der Waals surface area contributed by atoms with Crippen molar-refractivity contribution in [2.45, 2.75) is 44.9 Å². The third-order valence-electron chi connectivity index (χ3n) is 5.69. The van der Waals surface area contributed by atoms with Crippen LogP contribution < -0.4 is 9.64 Å². The Morgan fingerprint density at radius 3 is 3.10 bits per heavy atom. The van der Waals surface area contributed by atoms with Crippen LogP contribution in [0.1, 0.15) is 42.1 Å². The maximum atomic E-state index is 13.8. The fourth-order valence-electron chi connectivity index (χ4n) is 4.30. The summed E-state index contributed by atoms with van der Waals surface area (Å²) in [5, 5.41) is 14.5. The van der Waals surface area contributed by atoms with Gasteiger partial charge in [0.1, 0.15) is 23.2 Å². The first kappa shape index (κ1) is 18.7. The van der Waals surface area contributed by atoms with Gasteiger partial charge in [-0.3, -0.25) is 0 Å². The quantitative estimate of drug-likeness (QED) is 0.659. The molecule has 0 amide bonds. The molecule has 0 unspecified atom stereocenters. The molecule has 9 heteroatoms. The molecule has 1 aliphatic heterocycles. The Hall–Kier alpha value is -3.36. The molecule has 5 rings (SSSR count). The van der Waals surface area contributed by atoms with Gasteiger partial charge in [0.25, 0.3) is 0 Å². The molecular formula is C21H21FN4O4. The molecule has 1 fully saturated rings. The van der Waals surface area contributed by atoms with Crippen molar-refractivity contribution in [1.82, 2.24) is 14.6 Å². The van der Waals surface area contributed by atoms with Gasteiger partial charge in [0, 0.05) is 12.1 Å². The molecule has 156 valence electrons. The Kier molecular flexibility index (Phi) is 4.45. The van der Waals surface area contributed by atoms with E-state index in [0.717, 1.165) is 19.3 Å². The van der Waals surface area contributed by atoms with Gasteiger partial charge in [0.2, 0.25) is 0 Å². The number of ether oxygens (including phenoxy) is 2. The van der Waals surface area contributed by atoms with Crippen molar-refractivity contribution in [3.8, 4) is 11.5 Å². The second-order valence-corrected chi connectivity index (χ2v) is 7.53. The van der Waals surface area contributed by atoms with E-state index in [9.17, 15) is 14.3 Å². The van der Waals surface area contributed by atoms with Crippen molar-refractivity contribution in [1.29, 1.82) is 0 Å². The number of anilines is 1. The van der Waals surface area contributed by atoms with Gasteiger partial charge in [-0.2, -0.15) is 5.10 Å². The molecule has 0 radical (unpaired) electrons. The normalized spacial score (nSPS) is 20.0. The van der Waals surface area contributed by atoms with Gasteiger partial charge in [0.15, 0.2) is 17.2 Å². The minimum Gasteiger partial charge on any atom is -0.508 e. The summed E-state index contributed by atoms with van der Waals surface area (Å²) in [6.45, 7) is 2.26. The van der Waals surface area contributed by atoms with E-state index in [1.54, 1.807) is 13.1 Å². The molecule has 8 nitrogen and oxygen atoms in total. The summed E-state index contributed by atoms with van der Waals surface area (Å²) in [7, 11) is 0. The molecule has 1 aromatic carbocycles. The second-order valence-electron chi connectivity index (χ2n) is 7.53. The smallest absolute Gasteiger partial charge is 0.343 e. The van der Waals surface area contributed by atoms with Crippen molar-refractivity contribution < 1.29 is 23.8 Å². The monoisotopic (exact) mass is 412 g/mol. The first-order chi connectivity index (χ1) is 14.5. The zero-order valence-electron chi connectivity index (χ0n) is 16.4. The Balaban J connectivity index is 1.61. The molecule has 2 aliphatic rings. The first-order valence-corrected chi connectivity index (χ1v) is 10.0. The lowest BCUT2D eigenvalue weighted by atomic mass is 10.1. The standard InChI is InChI=1S/C21H21FN4O4/c1-2-29-21(28)14-9-23-26-11-18-20(24-19(14)26)25(15-4-3-5-17(15)30-18)10-12-8-13(22)6-7-16(12)27/h6-9,11,15,17,27H,2-5,10H2,1H3/t15-,17+/m1/s1. The molecule has 2 aromatic heterocycles. The third kappa shape index (κ3) is 3.01. The van der Waals surface area contributed by atoms with Gasteiger partial charge in [-0.25, -0.2) is 18.7 Å². The van der Waals surface area contributed by atoms with E-state index >= 15 is 0 Å². The molecule has 1 N–H and O–H groups in total. The van der Waals surface area contributed by atoms with Crippen LogP contribution in [0.25, 0.3) is 5.65 Å². The van der Waals surface area contributed by atoms with Gasteiger partial charge < -0.3 is 19.5 Å². The number of aromatic nitrogens is 3. The average Bonchev–Trinajstić information content (AvgIpc) is 3.35. The first-order valence-electron chi connectivity index (χ1n) is 10.0. The topological polar surface area (TPSA) is 89.2 Å². The minimum absolute atomic E-state index is 0.0208. The molecule has 0 bridgehead atoms. The zero-order valence-corrected chi connectivity index (χ0v) is 16.4. The summed E-state index contributed by atoms with van der Waals surface area (Å²) >= 11 is 0. The zero-order chi connectivity index (χ0) is 20.8. The van der Waals surface area contributed by atoms with E-state index in [-0.39, 0.29) is 36.6 Å². The second kappa shape index (κ2) is 7.16. The molecule has 0 spiro atoms. The molecular weight excluding hydrogens is 391 g/mol. The molecule has 3 aromatic rings. The fourth-order valence-corrected chi connectivity index (χ4v) is 4.30. The van der Waals surface area contributed by atoms with Crippen LogP contribution in [0.5, 0.6) is 11.5 Å². The van der Waals surface area contributed by atoms with Gasteiger partial charge in [-0.05, 0) is 44.4 Å². The lowest BCUT2D eigenvalue weighted by Crippen LogP contribution is -2.46. The van der Waals surface area contributed by atoms with Crippen molar-refractivity contribution in [2.75, 3.05) is 11.5 Å². The van der Waals surface area contributed by atoms with Crippen LogP contribution in [0.15, 0.2) is 30.6 Å². The Labute approximate surface area is 171 Å². The summed E-state index contributed by atoms with van der Waals surface area (Å²) < 4.78 is 26.6. The lowest BCUT2D eigenvalue weighted by molar-refractivity contribution is 0.0528. The predicted octanol–water partition coefficient (Wildman–Crippen LogP) is 3.07. The number of carbonyl (C=O) groups is 1. The van der Waals surface area contributed by atoms with E-state index in [1.165, 1.54) is 28.9 Å². The van der Waals surface area contributed by atoms with Gasteiger partial charge in [-0.15, -0.1) is 0 Å². The fraction of sp³-hybridized carbons (Fsp3) is 0.381. The summed E-state index contributed by atoms with van der Waals surface area (Å²) in [6, 6.07) is 3.95. The van der Waals surface area contributed by atoms with E-state index < -0.39 is 11.8 Å². The number of hydrogen-bond acceptors (Lipinski definition) is 7. The van der Waals surface area contributed by atoms with Crippen LogP contribution in [0.3, 0.4) is 0 Å². The lowest BCUT2D eigenvalue weighted by Gasteiger charge is -2.39. The number of fused-ring (bicyclic) bond motifs is 3.